The van der Waals surface area contributed by atoms with Gasteiger partial charge in [-0.2, -0.15) is 0 Å². The van der Waals surface area contributed by atoms with Crippen molar-refractivity contribution in [3.8, 4) is 67.5 Å². The molecule has 0 N–H and O–H groups in total. The van der Waals surface area contributed by atoms with Crippen molar-refractivity contribution in [1.29, 1.82) is 0 Å². The van der Waals surface area contributed by atoms with E-state index in [1.54, 1.807) is 0 Å². The van der Waals surface area contributed by atoms with Crippen molar-refractivity contribution < 1.29 is 4.42 Å². The van der Waals surface area contributed by atoms with Crippen LogP contribution >= 0.6 is 0 Å². The van der Waals surface area contributed by atoms with E-state index < -0.39 is 0 Å². The van der Waals surface area contributed by atoms with Gasteiger partial charge in [-0.1, -0.05) is 133 Å². The lowest BCUT2D eigenvalue weighted by atomic mass is 9.88. The Bertz CT molecular complexity index is 2610. The largest absolute Gasteiger partial charge is 0.456 e. The lowest BCUT2D eigenvalue weighted by molar-refractivity contribution is 0.669. The summed E-state index contributed by atoms with van der Waals surface area (Å²) in [7, 11) is 0. The number of para-hydroxylation sites is 1. The molecule has 4 nitrogen and oxygen atoms in total. The van der Waals surface area contributed by atoms with Crippen molar-refractivity contribution in [3.05, 3.63) is 152 Å². The summed E-state index contributed by atoms with van der Waals surface area (Å²) in [5.74, 6) is 1.92. The maximum absolute atomic E-state index is 6.55. The highest BCUT2D eigenvalue weighted by Gasteiger charge is 2.28. The standard InChI is InChI=1S/C43H25N3O/c1-3-12-27(13-4-1)41-44-42(28-14-5-2-6-15-28)46-43(45-41)30-19-9-18-29(24-30)38-39-33-22-11-17-26-16-10-21-31(37(26)33)34(39)25-36-40(38)32-20-7-8-23-35(32)47-36/h1-25H. The van der Waals surface area contributed by atoms with Crippen molar-refractivity contribution in [2.24, 2.45) is 0 Å². The summed E-state index contributed by atoms with van der Waals surface area (Å²) in [5, 5.41) is 4.75. The molecule has 2 aromatic heterocycles. The summed E-state index contributed by atoms with van der Waals surface area (Å²) < 4.78 is 6.55. The van der Waals surface area contributed by atoms with Crippen molar-refractivity contribution in [2.75, 3.05) is 0 Å². The molecule has 0 fully saturated rings. The van der Waals surface area contributed by atoms with Crippen molar-refractivity contribution >= 4 is 32.7 Å². The van der Waals surface area contributed by atoms with Crippen LogP contribution in [0.2, 0.25) is 0 Å². The minimum Gasteiger partial charge on any atom is -0.456 e. The molecule has 47 heavy (non-hydrogen) atoms. The van der Waals surface area contributed by atoms with E-state index in [0.717, 1.165) is 49.8 Å². The molecule has 4 heteroatoms. The molecule has 0 aliphatic heterocycles. The maximum atomic E-state index is 6.55. The predicted molar refractivity (Wildman–Crippen MR) is 191 cm³/mol. The van der Waals surface area contributed by atoms with E-state index in [1.165, 1.54) is 33.0 Å². The van der Waals surface area contributed by atoms with Gasteiger partial charge in [0.25, 0.3) is 0 Å². The van der Waals surface area contributed by atoms with Crippen LogP contribution < -0.4 is 0 Å². The molecule has 0 bridgehead atoms. The molecule has 0 saturated carbocycles. The second-order valence-electron chi connectivity index (χ2n) is 12.0. The smallest absolute Gasteiger partial charge is 0.164 e. The third kappa shape index (κ3) is 3.98. The fourth-order valence-electron chi connectivity index (χ4n) is 7.19. The van der Waals surface area contributed by atoms with Gasteiger partial charge < -0.3 is 4.42 Å². The Labute approximate surface area is 270 Å². The van der Waals surface area contributed by atoms with Crippen molar-refractivity contribution in [2.45, 2.75) is 0 Å². The van der Waals surface area contributed by atoms with Gasteiger partial charge in [-0.25, -0.2) is 15.0 Å². The average molecular weight is 600 g/mol. The Balaban J connectivity index is 1.25. The maximum Gasteiger partial charge on any atom is 0.164 e. The molecule has 7 aromatic carbocycles. The van der Waals surface area contributed by atoms with Crippen LogP contribution in [0.4, 0.5) is 0 Å². The van der Waals surface area contributed by atoms with Crippen LogP contribution in [-0.4, -0.2) is 15.0 Å². The number of rotatable bonds is 4. The highest BCUT2D eigenvalue weighted by Crippen LogP contribution is 2.55. The first-order valence-corrected chi connectivity index (χ1v) is 15.8. The van der Waals surface area contributed by atoms with Crippen LogP contribution in [0.1, 0.15) is 0 Å². The van der Waals surface area contributed by atoms with E-state index in [1.807, 2.05) is 66.7 Å². The van der Waals surface area contributed by atoms with E-state index in [-0.39, 0.29) is 0 Å². The first kappa shape index (κ1) is 25.9. The molecule has 1 aliphatic carbocycles. The number of furan rings is 1. The van der Waals surface area contributed by atoms with Crippen LogP contribution in [0.15, 0.2) is 156 Å². The van der Waals surface area contributed by atoms with Crippen LogP contribution in [-0.2, 0) is 0 Å². The Morgan fingerprint density at radius 2 is 0.936 bits per heavy atom. The third-order valence-electron chi connectivity index (χ3n) is 9.24. The molecular formula is C43H25N3O. The summed E-state index contributed by atoms with van der Waals surface area (Å²) >= 11 is 0. The second kappa shape index (κ2) is 10.1. The molecule has 9 aromatic rings. The average Bonchev–Trinajstić information content (AvgIpc) is 3.68. The summed E-state index contributed by atoms with van der Waals surface area (Å²) in [6, 6.07) is 52.6. The number of benzene rings is 7. The molecule has 0 spiro atoms. The predicted octanol–water partition coefficient (Wildman–Crippen LogP) is 11.2. The fraction of sp³-hybridized carbons (Fsp3) is 0. The monoisotopic (exact) mass is 599 g/mol. The Hall–Kier alpha value is -6.39. The lowest BCUT2D eigenvalue weighted by Crippen LogP contribution is -2.00. The molecule has 10 rings (SSSR count). The van der Waals surface area contributed by atoms with Crippen LogP contribution in [0.3, 0.4) is 0 Å². The van der Waals surface area contributed by atoms with Gasteiger partial charge >= 0.3 is 0 Å². The number of nitrogens with zero attached hydrogens (tertiary/aromatic N) is 3. The number of hydrogen-bond donors (Lipinski definition) is 0. The lowest BCUT2D eigenvalue weighted by Gasteiger charge is -2.14. The highest BCUT2D eigenvalue weighted by molar-refractivity contribution is 6.25. The van der Waals surface area contributed by atoms with E-state index in [4.69, 9.17) is 19.4 Å². The van der Waals surface area contributed by atoms with Gasteiger partial charge in [-0.15, -0.1) is 0 Å². The molecule has 1 aliphatic rings. The minimum atomic E-state index is 0.630. The molecule has 0 amide bonds. The first-order chi connectivity index (χ1) is 23.3. The van der Waals surface area contributed by atoms with Gasteiger partial charge in [0, 0.05) is 33.0 Å². The van der Waals surface area contributed by atoms with Crippen LogP contribution in [0, 0.1) is 0 Å². The van der Waals surface area contributed by atoms with Gasteiger partial charge in [-0.3, -0.25) is 0 Å². The van der Waals surface area contributed by atoms with Crippen molar-refractivity contribution in [1.82, 2.24) is 15.0 Å². The first-order valence-electron chi connectivity index (χ1n) is 15.8. The Morgan fingerprint density at radius 1 is 0.362 bits per heavy atom. The molecule has 0 saturated heterocycles. The number of hydrogen-bond acceptors (Lipinski definition) is 4. The molecule has 0 atom stereocenters. The van der Waals surface area contributed by atoms with E-state index in [9.17, 15) is 0 Å². The zero-order valence-corrected chi connectivity index (χ0v) is 25.2. The summed E-state index contributed by atoms with van der Waals surface area (Å²) in [5.41, 5.74) is 11.7. The van der Waals surface area contributed by atoms with E-state index in [0.29, 0.717) is 17.5 Å². The molecule has 0 unspecified atom stereocenters. The summed E-state index contributed by atoms with van der Waals surface area (Å²) in [6.45, 7) is 0. The zero-order valence-electron chi connectivity index (χ0n) is 25.2. The number of fused-ring (bicyclic) bond motifs is 6. The molecule has 0 radical (unpaired) electrons. The van der Waals surface area contributed by atoms with E-state index in [2.05, 4.69) is 84.9 Å². The van der Waals surface area contributed by atoms with Crippen LogP contribution in [0.25, 0.3) is 100 Å². The third-order valence-corrected chi connectivity index (χ3v) is 9.24. The SMILES string of the molecule is c1ccc(-c2nc(-c3ccccc3)nc(-c3cccc(-c4c5c(cc6oc7ccccc7c46)-c4cccc6cccc-5c46)c3)n2)cc1. The van der Waals surface area contributed by atoms with Gasteiger partial charge in [0.05, 0.1) is 0 Å². The minimum absolute atomic E-state index is 0.630. The molecule has 2 heterocycles. The topological polar surface area (TPSA) is 51.8 Å². The Kier molecular flexibility index (Phi) is 5.54. The second-order valence-corrected chi connectivity index (χ2v) is 12.0. The number of aromatic nitrogens is 3. The summed E-state index contributed by atoms with van der Waals surface area (Å²) in [6.07, 6.45) is 0. The van der Waals surface area contributed by atoms with Gasteiger partial charge in [0.1, 0.15) is 11.2 Å². The normalized spacial score (nSPS) is 11.8. The van der Waals surface area contributed by atoms with Gasteiger partial charge in [0.2, 0.25) is 0 Å². The fourth-order valence-corrected chi connectivity index (χ4v) is 7.19. The van der Waals surface area contributed by atoms with Gasteiger partial charge in [0.15, 0.2) is 17.5 Å². The summed E-state index contributed by atoms with van der Waals surface area (Å²) in [4.78, 5) is 15.0. The van der Waals surface area contributed by atoms with Crippen LogP contribution in [0.5, 0.6) is 0 Å². The quantitative estimate of drug-likeness (QED) is 0.202. The highest BCUT2D eigenvalue weighted by atomic mass is 16.3. The van der Waals surface area contributed by atoms with E-state index >= 15 is 0 Å². The molecule has 218 valence electrons. The molecular weight excluding hydrogens is 574 g/mol. The van der Waals surface area contributed by atoms with Gasteiger partial charge in [-0.05, 0) is 56.8 Å². The Morgan fingerprint density at radius 3 is 1.66 bits per heavy atom. The zero-order chi connectivity index (χ0) is 30.9. The van der Waals surface area contributed by atoms with Crippen molar-refractivity contribution in [3.63, 3.8) is 0 Å².